The molecule has 0 fully saturated rings. The average molecular weight is 365 g/mol. The number of benzene rings is 1. The third kappa shape index (κ3) is 4.60. The highest BCUT2D eigenvalue weighted by Gasteiger charge is 2.49. The molecule has 0 saturated carbocycles. The van der Waals surface area contributed by atoms with Gasteiger partial charge in [0, 0.05) is 12.9 Å². The summed E-state index contributed by atoms with van der Waals surface area (Å²) < 4.78 is 37.2. The number of allylic oxidation sites excluding steroid dienone is 2. The van der Waals surface area contributed by atoms with Gasteiger partial charge in [0.2, 0.25) is 4.93 Å². The standard InChI is InChI=1S/C20H28O4S/c1-5-6-14-23-19-15-18(17-10-8-7-9-11-17)12-13-20(19,24-16(2)3)25(4,21)22/h7-13,15-16,19H,5-6,14H2,1-4H3. The van der Waals surface area contributed by atoms with Gasteiger partial charge in [-0.25, -0.2) is 8.42 Å². The van der Waals surface area contributed by atoms with Crippen LogP contribution in [0.2, 0.25) is 0 Å². The molecule has 2 rings (SSSR count). The van der Waals surface area contributed by atoms with Gasteiger partial charge in [0.15, 0.2) is 9.84 Å². The summed E-state index contributed by atoms with van der Waals surface area (Å²) >= 11 is 0. The Morgan fingerprint density at radius 2 is 1.88 bits per heavy atom. The van der Waals surface area contributed by atoms with Crippen molar-refractivity contribution in [3.8, 4) is 0 Å². The molecular formula is C20H28O4S. The van der Waals surface area contributed by atoms with Crippen LogP contribution in [0.1, 0.15) is 39.2 Å². The third-order valence-electron chi connectivity index (χ3n) is 4.12. The van der Waals surface area contributed by atoms with Gasteiger partial charge in [0.05, 0.1) is 6.10 Å². The Morgan fingerprint density at radius 3 is 2.44 bits per heavy atom. The number of hydrogen-bond donors (Lipinski definition) is 0. The molecule has 0 spiro atoms. The molecule has 0 heterocycles. The number of unbranched alkanes of at least 4 members (excludes halogenated alkanes) is 1. The molecule has 1 aliphatic carbocycles. The quantitative estimate of drug-likeness (QED) is 0.655. The maximum absolute atomic E-state index is 12.6. The summed E-state index contributed by atoms with van der Waals surface area (Å²) in [6, 6.07) is 9.86. The van der Waals surface area contributed by atoms with Crippen molar-refractivity contribution in [2.24, 2.45) is 0 Å². The maximum atomic E-state index is 12.6. The minimum absolute atomic E-state index is 0.247. The SMILES string of the molecule is CCCCOC1C=C(c2ccccc2)C=CC1(OC(C)C)S(C)(=O)=O. The lowest BCUT2D eigenvalue weighted by Crippen LogP contribution is -2.52. The molecule has 0 aromatic heterocycles. The lowest BCUT2D eigenvalue weighted by atomic mass is 9.96. The molecule has 0 aliphatic heterocycles. The number of hydrogen-bond acceptors (Lipinski definition) is 4. The molecule has 0 amide bonds. The van der Waals surface area contributed by atoms with Crippen LogP contribution < -0.4 is 0 Å². The van der Waals surface area contributed by atoms with Gasteiger partial charge >= 0.3 is 0 Å². The van der Waals surface area contributed by atoms with Gasteiger partial charge in [-0.2, -0.15) is 0 Å². The van der Waals surface area contributed by atoms with Crippen LogP contribution in [0.3, 0.4) is 0 Å². The highest BCUT2D eigenvalue weighted by atomic mass is 32.2. The van der Waals surface area contributed by atoms with Crippen LogP contribution in [0.25, 0.3) is 5.57 Å². The van der Waals surface area contributed by atoms with E-state index in [1.54, 1.807) is 6.08 Å². The molecule has 1 aromatic carbocycles. The molecule has 1 aliphatic rings. The molecule has 0 radical (unpaired) electrons. The van der Waals surface area contributed by atoms with Crippen LogP contribution in [-0.2, 0) is 19.3 Å². The van der Waals surface area contributed by atoms with Crippen molar-refractivity contribution < 1.29 is 17.9 Å². The van der Waals surface area contributed by atoms with Crippen LogP contribution >= 0.6 is 0 Å². The Labute approximate surface area is 151 Å². The monoisotopic (exact) mass is 364 g/mol. The summed E-state index contributed by atoms with van der Waals surface area (Å²) in [6.07, 6.45) is 7.45. The first-order chi connectivity index (χ1) is 11.8. The van der Waals surface area contributed by atoms with Crippen molar-refractivity contribution >= 4 is 15.4 Å². The van der Waals surface area contributed by atoms with Crippen molar-refractivity contribution in [2.45, 2.75) is 50.8 Å². The zero-order chi connectivity index (χ0) is 18.5. The molecule has 0 bridgehead atoms. The van der Waals surface area contributed by atoms with E-state index in [0.717, 1.165) is 24.0 Å². The van der Waals surface area contributed by atoms with Crippen molar-refractivity contribution in [1.29, 1.82) is 0 Å². The van der Waals surface area contributed by atoms with E-state index < -0.39 is 20.9 Å². The van der Waals surface area contributed by atoms with Crippen LogP contribution in [0, 0.1) is 0 Å². The second-order valence-electron chi connectivity index (χ2n) is 6.63. The predicted octanol–water partition coefficient (Wildman–Crippen LogP) is 3.99. The minimum Gasteiger partial charge on any atom is -0.370 e. The van der Waals surface area contributed by atoms with Crippen LogP contribution in [0.4, 0.5) is 0 Å². The average Bonchev–Trinajstić information content (AvgIpc) is 2.55. The Morgan fingerprint density at radius 1 is 1.20 bits per heavy atom. The molecule has 138 valence electrons. The lowest BCUT2D eigenvalue weighted by molar-refractivity contribution is -0.0773. The summed E-state index contributed by atoms with van der Waals surface area (Å²) in [5.74, 6) is 0. The largest absolute Gasteiger partial charge is 0.370 e. The number of rotatable bonds is 8. The lowest BCUT2D eigenvalue weighted by Gasteiger charge is -2.38. The van der Waals surface area contributed by atoms with Crippen molar-refractivity contribution in [2.75, 3.05) is 12.9 Å². The first kappa shape index (κ1) is 19.9. The molecule has 1 aromatic rings. The van der Waals surface area contributed by atoms with Crippen LogP contribution in [0.15, 0.2) is 48.6 Å². The number of sulfone groups is 1. The molecule has 0 saturated heterocycles. The van der Waals surface area contributed by atoms with E-state index >= 15 is 0 Å². The molecular weight excluding hydrogens is 336 g/mol. The highest BCUT2D eigenvalue weighted by Crippen LogP contribution is 2.36. The Balaban J connectivity index is 2.45. The van der Waals surface area contributed by atoms with E-state index in [0.29, 0.717) is 6.61 Å². The predicted molar refractivity (Wildman–Crippen MR) is 102 cm³/mol. The van der Waals surface area contributed by atoms with Crippen LogP contribution in [-0.4, -0.2) is 38.4 Å². The van der Waals surface area contributed by atoms with Gasteiger partial charge in [-0.1, -0.05) is 49.8 Å². The first-order valence-electron chi connectivity index (χ1n) is 8.75. The summed E-state index contributed by atoms with van der Waals surface area (Å²) in [6.45, 7) is 6.23. The van der Waals surface area contributed by atoms with E-state index in [-0.39, 0.29) is 6.10 Å². The van der Waals surface area contributed by atoms with E-state index in [2.05, 4.69) is 6.92 Å². The van der Waals surface area contributed by atoms with Crippen molar-refractivity contribution in [3.05, 3.63) is 54.1 Å². The maximum Gasteiger partial charge on any atom is 0.217 e. The van der Waals surface area contributed by atoms with Gasteiger partial charge in [-0.05, 0) is 43.6 Å². The van der Waals surface area contributed by atoms with Crippen LogP contribution in [0.5, 0.6) is 0 Å². The van der Waals surface area contributed by atoms with E-state index in [9.17, 15) is 8.42 Å². The van der Waals surface area contributed by atoms with Gasteiger partial charge in [0.25, 0.3) is 0 Å². The third-order valence-corrected chi connectivity index (χ3v) is 5.75. The van der Waals surface area contributed by atoms with Gasteiger partial charge in [-0.15, -0.1) is 0 Å². The number of ether oxygens (including phenoxy) is 2. The molecule has 0 N–H and O–H groups in total. The summed E-state index contributed by atoms with van der Waals surface area (Å²) in [7, 11) is -3.55. The van der Waals surface area contributed by atoms with Gasteiger partial charge in [0.1, 0.15) is 6.10 Å². The molecule has 4 nitrogen and oxygen atoms in total. The summed E-state index contributed by atoms with van der Waals surface area (Å²) in [5, 5.41) is 0. The first-order valence-corrected chi connectivity index (χ1v) is 10.6. The summed E-state index contributed by atoms with van der Waals surface area (Å²) in [5.41, 5.74) is 1.96. The molecule has 2 atom stereocenters. The minimum atomic E-state index is -3.55. The molecule has 5 heteroatoms. The van der Waals surface area contributed by atoms with Gasteiger partial charge < -0.3 is 9.47 Å². The molecule has 25 heavy (non-hydrogen) atoms. The van der Waals surface area contributed by atoms with E-state index in [4.69, 9.17) is 9.47 Å². The fourth-order valence-electron chi connectivity index (χ4n) is 2.87. The second kappa shape index (κ2) is 8.30. The normalized spacial score (nSPS) is 23.7. The zero-order valence-corrected chi connectivity index (χ0v) is 16.3. The van der Waals surface area contributed by atoms with E-state index in [1.807, 2.05) is 56.3 Å². The topological polar surface area (TPSA) is 52.6 Å². The van der Waals surface area contributed by atoms with E-state index in [1.165, 1.54) is 6.26 Å². The fourth-order valence-corrected chi connectivity index (χ4v) is 4.11. The Bertz CT molecular complexity index is 719. The van der Waals surface area contributed by atoms with Gasteiger partial charge in [-0.3, -0.25) is 0 Å². The highest BCUT2D eigenvalue weighted by molar-refractivity contribution is 7.92. The van der Waals surface area contributed by atoms with Crippen molar-refractivity contribution in [1.82, 2.24) is 0 Å². The zero-order valence-electron chi connectivity index (χ0n) is 15.4. The van der Waals surface area contributed by atoms with Crippen molar-refractivity contribution in [3.63, 3.8) is 0 Å². The Kier molecular flexibility index (Phi) is 6.60. The second-order valence-corrected chi connectivity index (χ2v) is 8.81. The smallest absolute Gasteiger partial charge is 0.217 e. The Hall–Kier alpha value is -1.43. The fraction of sp³-hybridized carbons (Fsp3) is 0.500. The summed E-state index contributed by atoms with van der Waals surface area (Å²) in [4.78, 5) is -1.49. The molecule has 2 unspecified atom stereocenters.